The Morgan fingerprint density at radius 3 is 2.56 bits per heavy atom. The summed E-state index contributed by atoms with van der Waals surface area (Å²) >= 11 is 7.62. The zero-order valence-corrected chi connectivity index (χ0v) is 23.8. The lowest BCUT2D eigenvalue weighted by Crippen LogP contribution is -2.46. The summed E-state index contributed by atoms with van der Waals surface area (Å²) in [5, 5.41) is 14.0. The number of fused-ring (bicyclic) bond motifs is 3. The van der Waals surface area contributed by atoms with Gasteiger partial charge in [-0.3, -0.25) is 0 Å². The van der Waals surface area contributed by atoms with Crippen molar-refractivity contribution in [1.29, 1.82) is 0 Å². The molecule has 3 atom stereocenters. The van der Waals surface area contributed by atoms with E-state index in [1.54, 1.807) is 0 Å². The number of aromatic carboxylic acids is 1. The number of thiazole rings is 1. The summed E-state index contributed by atoms with van der Waals surface area (Å²) in [7, 11) is 0. The van der Waals surface area contributed by atoms with E-state index in [0.717, 1.165) is 31.7 Å². The monoisotopic (exact) mass is 633 g/mol. The molecule has 2 bridgehead atoms. The SMILES string of the molecule is O=C(O)c1cc(F)c2nc(N3[C@@H]4CC[C@H]3C[C@H](OC(=O)c3c(-c5c(Cl)cccc5OC(F)F)noc3C3CC3)C4)sc2c1. The maximum Gasteiger partial charge on any atom is 0.387 e. The zero-order chi connectivity index (χ0) is 30.0. The molecule has 1 saturated carbocycles. The Labute approximate surface area is 251 Å². The highest BCUT2D eigenvalue weighted by molar-refractivity contribution is 7.22. The van der Waals surface area contributed by atoms with Gasteiger partial charge < -0.3 is 24.0 Å². The molecular formula is C29H23ClF3N3O6S. The van der Waals surface area contributed by atoms with Crippen molar-refractivity contribution in [2.45, 2.75) is 69.2 Å². The molecule has 7 rings (SSSR count). The average molecular weight is 634 g/mol. The highest BCUT2D eigenvalue weighted by atomic mass is 35.5. The van der Waals surface area contributed by atoms with Crippen molar-refractivity contribution in [2.24, 2.45) is 0 Å². The van der Waals surface area contributed by atoms with Crippen LogP contribution in [0.15, 0.2) is 34.9 Å². The van der Waals surface area contributed by atoms with Crippen LogP contribution >= 0.6 is 22.9 Å². The third-order valence-electron chi connectivity index (χ3n) is 8.17. The van der Waals surface area contributed by atoms with Gasteiger partial charge >= 0.3 is 18.6 Å². The fraction of sp³-hybridized carbons (Fsp3) is 0.379. The van der Waals surface area contributed by atoms with Gasteiger partial charge in [0.05, 0.1) is 20.8 Å². The molecule has 224 valence electrons. The second kappa shape index (κ2) is 10.7. The standard InChI is InChI=1S/C29H23ClF3N3O6S/c30-17-2-1-3-19(41-28(32)33)21(17)24-22(25(42-35-24)12-4-5-12)27(39)40-16-10-14-6-7-15(11-16)36(14)29-34-23-18(31)8-13(26(37)38)9-20(23)43-29/h1-3,8-9,12,14-16,28H,4-7,10-11H2,(H,37,38)/t14-,15+,16-. The Morgan fingerprint density at radius 1 is 1.14 bits per heavy atom. The minimum absolute atomic E-state index is 0.00853. The normalized spacial score (nSPS) is 21.5. The molecular weight excluding hydrogens is 611 g/mol. The van der Waals surface area contributed by atoms with E-state index < -0.39 is 30.5 Å². The lowest BCUT2D eigenvalue weighted by molar-refractivity contribution is -0.0494. The molecule has 1 aliphatic carbocycles. The third kappa shape index (κ3) is 5.07. The summed E-state index contributed by atoms with van der Waals surface area (Å²) in [4.78, 5) is 31.7. The summed E-state index contributed by atoms with van der Waals surface area (Å²) in [5.74, 6) is -2.52. The number of carbonyl (C=O) groups is 2. The molecule has 9 nitrogen and oxygen atoms in total. The van der Waals surface area contributed by atoms with Gasteiger partial charge in [0, 0.05) is 30.8 Å². The van der Waals surface area contributed by atoms with E-state index in [4.69, 9.17) is 20.9 Å². The Hall–Kier alpha value is -3.84. The van der Waals surface area contributed by atoms with Crippen molar-refractivity contribution in [1.82, 2.24) is 10.1 Å². The van der Waals surface area contributed by atoms with E-state index in [9.17, 15) is 27.9 Å². The number of esters is 1. The number of alkyl halides is 2. The molecule has 4 aromatic rings. The van der Waals surface area contributed by atoms with Crippen LogP contribution in [0.25, 0.3) is 21.5 Å². The number of carbonyl (C=O) groups excluding carboxylic acids is 1. The minimum Gasteiger partial charge on any atom is -0.478 e. The molecule has 0 radical (unpaired) electrons. The van der Waals surface area contributed by atoms with Crippen LogP contribution in [0.5, 0.6) is 5.75 Å². The number of anilines is 1. The molecule has 4 heterocycles. The largest absolute Gasteiger partial charge is 0.478 e. The predicted molar refractivity (Wildman–Crippen MR) is 150 cm³/mol. The number of carboxylic acid groups (broad SMARTS) is 1. The number of rotatable bonds is 8. The number of hydrogen-bond acceptors (Lipinski definition) is 9. The van der Waals surface area contributed by atoms with Crippen LogP contribution in [0.4, 0.5) is 18.3 Å². The molecule has 1 N–H and O–H groups in total. The van der Waals surface area contributed by atoms with Gasteiger partial charge in [-0.25, -0.2) is 19.0 Å². The molecule has 0 spiro atoms. The quantitative estimate of drug-likeness (QED) is 0.200. The number of aromatic nitrogens is 2. The molecule has 43 heavy (non-hydrogen) atoms. The van der Waals surface area contributed by atoms with Crippen LogP contribution in [0.1, 0.15) is 70.9 Å². The van der Waals surface area contributed by atoms with E-state index in [2.05, 4.69) is 19.8 Å². The first-order valence-corrected chi connectivity index (χ1v) is 14.9. The van der Waals surface area contributed by atoms with E-state index in [1.807, 2.05) is 0 Å². The van der Waals surface area contributed by atoms with Crippen molar-refractivity contribution < 1.29 is 41.9 Å². The molecule has 2 saturated heterocycles. The Morgan fingerprint density at radius 2 is 1.88 bits per heavy atom. The van der Waals surface area contributed by atoms with Gasteiger partial charge in [0.1, 0.15) is 28.6 Å². The van der Waals surface area contributed by atoms with Gasteiger partial charge in [0.2, 0.25) is 0 Å². The van der Waals surface area contributed by atoms with Gasteiger partial charge in [-0.2, -0.15) is 8.78 Å². The van der Waals surface area contributed by atoms with Crippen LogP contribution in [-0.2, 0) is 4.74 Å². The molecule has 3 aliphatic rings. The molecule has 2 aromatic carbocycles. The number of halogens is 4. The summed E-state index contributed by atoms with van der Waals surface area (Å²) in [6.45, 7) is -3.12. The Bertz CT molecular complexity index is 1740. The van der Waals surface area contributed by atoms with Gasteiger partial charge in [-0.15, -0.1) is 0 Å². The van der Waals surface area contributed by atoms with Gasteiger partial charge in [-0.1, -0.05) is 34.2 Å². The summed E-state index contributed by atoms with van der Waals surface area (Å²) in [5.41, 5.74) is 0.0553. The van der Waals surface area contributed by atoms with E-state index in [0.29, 0.717) is 28.4 Å². The second-order valence-electron chi connectivity index (χ2n) is 10.9. The topological polar surface area (TPSA) is 115 Å². The van der Waals surface area contributed by atoms with Crippen molar-refractivity contribution in [3.63, 3.8) is 0 Å². The molecule has 2 aromatic heterocycles. The van der Waals surface area contributed by atoms with Crippen LogP contribution in [0.2, 0.25) is 5.02 Å². The third-order valence-corrected chi connectivity index (χ3v) is 9.50. The van der Waals surface area contributed by atoms with Gasteiger partial charge in [0.25, 0.3) is 0 Å². The number of hydrogen-bond donors (Lipinski definition) is 1. The number of benzene rings is 2. The smallest absolute Gasteiger partial charge is 0.387 e. The fourth-order valence-corrected chi connectivity index (χ4v) is 7.60. The molecule has 14 heteroatoms. The summed E-state index contributed by atoms with van der Waals surface area (Å²) in [6, 6.07) is 6.59. The van der Waals surface area contributed by atoms with Crippen molar-refractivity contribution in [3.8, 4) is 17.0 Å². The number of carboxylic acids is 1. The fourth-order valence-electron chi connectivity index (χ4n) is 6.18. The van der Waals surface area contributed by atoms with Crippen molar-refractivity contribution in [2.75, 3.05) is 4.90 Å². The minimum atomic E-state index is -3.12. The van der Waals surface area contributed by atoms with E-state index in [-0.39, 0.29) is 56.7 Å². The highest BCUT2D eigenvalue weighted by Crippen LogP contribution is 2.48. The lowest BCUT2D eigenvalue weighted by atomic mass is 9.99. The van der Waals surface area contributed by atoms with Crippen molar-refractivity contribution in [3.05, 3.63) is 58.1 Å². The highest BCUT2D eigenvalue weighted by Gasteiger charge is 2.45. The molecule has 0 amide bonds. The molecule has 2 aliphatic heterocycles. The van der Waals surface area contributed by atoms with Crippen LogP contribution < -0.4 is 9.64 Å². The maximum atomic E-state index is 14.6. The Balaban J connectivity index is 1.14. The zero-order valence-electron chi connectivity index (χ0n) is 22.3. The number of nitrogens with zero attached hydrogens (tertiary/aromatic N) is 3. The van der Waals surface area contributed by atoms with Crippen molar-refractivity contribution >= 4 is 50.2 Å². The van der Waals surface area contributed by atoms with Gasteiger partial charge in [-0.05, 0) is 49.9 Å². The van der Waals surface area contributed by atoms with Crippen LogP contribution in [0.3, 0.4) is 0 Å². The molecule has 0 unspecified atom stereocenters. The lowest BCUT2D eigenvalue weighted by Gasteiger charge is -2.38. The average Bonchev–Trinajstić information content (AvgIpc) is 3.45. The summed E-state index contributed by atoms with van der Waals surface area (Å²) < 4.78 is 57.7. The Kier molecular flexibility index (Phi) is 6.96. The number of ether oxygens (including phenoxy) is 2. The first-order valence-electron chi connectivity index (χ1n) is 13.7. The summed E-state index contributed by atoms with van der Waals surface area (Å²) in [6.07, 6.45) is 3.74. The predicted octanol–water partition coefficient (Wildman–Crippen LogP) is 7.28. The van der Waals surface area contributed by atoms with Gasteiger partial charge in [0.15, 0.2) is 16.7 Å². The number of piperidine rings is 1. The van der Waals surface area contributed by atoms with Crippen LogP contribution in [-0.4, -0.2) is 52.0 Å². The van der Waals surface area contributed by atoms with Crippen LogP contribution in [0, 0.1) is 5.82 Å². The van der Waals surface area contributed by atoms with E-state index in [1.165, 1.54) is 35.6 Å². The second-order valence-corrected chi connectivity index (χ2v) is 12.3. The first kappa shape index (κ1) is 28.0. The van der Waals surface area contributed by atoms with E-state index >= 15 is 0 Å². The maximum absolute atomic E-state index is 14.6. The molecule has 3 fully saturated rings. The first-order chi connectivity index (χ1) is 20.7.